The minimum atomic E-state index is -0.994. The summed E-state index contributed by atoms with van der Waals surface area (Å²) in [4.78, 5) is 36.5. The molecule has 2 N–H and O–H groups in total. The zero-order valence-corrected chi connectivity index (χ0v) is 12.8. The molecule has 22 heavy (non-hydrogen) atoms. The number of carboxylic acids is 1. The SMILES string of the molecule is Cc1ccc(C(=O)NCC(=O)N2CCC[C@H]2C(=O)O)cc1C. The lowest BCUT2D eigenvalue weighted by atomic mass is 10.1. The molecular formula is C16H20N2O4. The molecule has 1 atom stereocenters. The average Bonchev–Trinajstić information content (AvgIpc) is 2.97. The van der Waals surface area contributed by atoms with E-state index < -0.39 is 12.0 Å². The number of carbonyl (C=O) groups is 3. The molecule has 0 unspecified atom stereocenters. The maximum absolute atomic E-state index is 12.1. The molecule has 1 fully saturated rings. The van der Waals surface area contributed by atoms with E-state index in [0.717, 1.165) is 11.1 Å². The minimum Gasteiger partial charge on any atom is -0.480 e. The van der Waals surface area contributed by atoms with E-state index in [4.69, 9.17) is 5.11 Å². The first-order valence-corrected chi connectivity index (χ1v) is 7.28. The molecule has 1 aromatic carbocycles. The number of aliphatic carboxylic acids is 1. The van der Waals surface area contributed by atoms with Crippen LogP contribution >= 0.6 is 0 Å². The van der Waals surface area contributed by atoms with Crippen LogP contribution in [-0.4, -0.2) is 46.9 Å². The second-order valence-electron chi connectivity index (χ2n) is 5.57. The van der Waals surface area contributed by atoms with Crippen molar-refractivity contribution in [2.24, 2.45) is 0 Å². The molecule has 0 saturated carbocycles. The van der Waals surface area contributed by atoms with E-state index in [1.54, 1.807) is 12.1 Å². The molecule has 118 valence electrons. The maximum atomic E-state index is 12.1. The number of aryl methyl sites for hydroxylation is 2. The first-order chi connectivity index (χ1) is 10.4. The minimum absolute atomic E-state index is 0.185. The highest BCUT2D eigenvalue weighted by Crippen LogP contribution is 2.17. The van der Waals surface area contributed by atoms with Gasteiger partial charge < -0.3 is 15.3 Å². The maximum Gasteiger partial charge on any atom is 0.326 e. The van der Waals surface area contributed by atoms with Crippen molar-refractivity contribution < 1.29 is 19.5 Å². The van der Waals surface area contributed by atoms with Gasteiger partial charge in [0.05, 0.1) is 6.54 Å². The summed E-state index contributed by atoms with van der Waals surface area (Å²) in [6, 6.07) is 4.56. The third-order valence-corrected chi connectivity index (χ3v) is 4.03. The molecule has 0 bridgehead atoms. The number of benzene rings is 1. The molecular weight excluding hydrogens is 284 g/mol. The number of rotatable bonds is 4. The zero-order valence-electron chi connectivity index (χ0n) is 12.8. The fourth-order valence-corrected chi connectivity index (χ4v) is 2.56. The predicted molar refractivity (Wildman–Crippen MR) is 80.6 cm³/mol. The topological polar surface area (TPSA) is 86.7 Å². The van der Waals surface area contributed by atoms with Gasteiger partial charge in [-0.3, -0.25) is 9.59 Å². The quantitative estimate of drug-likeness (QED) is 0.872. The summed E-state index contributed by atoms with van der Waals surface area (Å²) in [5.41, 5.74) is 2.59. The molecule has 6 nitrogen and oxygen atoms in total. The van der Waals surface area contributed by atoms with Crippen molar-refractivity contribution in [3.8, 4) is 0 Å². The number of amides is 2. The third kappa shape index (κ3) is 3.44. The number of likely N-dealkylation sites (tertiary alicyclic amines) is 1. The molecule has 0 spiro atoms. The van der Waals surface area contributed by atoms with Crippen LogP contribution in [-0.2, 0) is 9.59 Å². The second kappa shape index (κ2) is 6.60. The standard InChI is InChI=1S/C16H20N2O4/c1-10-5-6-12(8-11(10)2)15(20)17-9-14(19)18-7-3-4-13(18)16(21)22/h5-6,8,13H,3-4,7,9H2,1-2H3,(H,17,20)(H,21,22)/t13-/m0/s1. The molecule has 0 aromatic heterocycles. The Hall–Kier alpha value is -2.37. The summed E-state index contributed by atoms with van der Waals surface area (Å²) >= 11 is 0. The van der Waals surface area contributed by atoms with Crippen molar-refractivity contribution >= 4 is 17.8 Å². The van der Waals surface area contributed by atoms with Gasteiger partial charge in [0.15, 0.2) is 0 Å². The highest BCUT2D eigenvalue weighted by molar-refractivity contribution is 5.97. The number of carboxylic acid groups (broad SMARTS) is 1. The lowest BCUT2D eigenvalue weighted by Gasteiger charge is -2.21. The molecule has 1 heterocycles. The first-order valence-electron chi connectivity index (χ1n) is 7.28. The lowest BCUT2D eigenvalue weighted by Crippen LogP contribution is -2.45. The largest absolute Gasteiger partial charge is 0.480 e. The van der Waals surface area contributed by atoms with Crippen LogP contribution < -0.4 is 5.32 Å². The predicted octanol–water partition coefficient (Wildman–Crippen LogP) is 1.11. The monoisotopic (exact) mass is 304 g/mol. The molecule has 1 saturated heterocycles. The molecule has 1 aliphatic heterocycles. The Morgan fingerprint density at radius 1 is 1.27 bits per heavy atom. The van der Waals surface area contributed by atoms with Gasteiger partial charge in [0.1, 0.15) is 6.04 Å². The fourth-order valence-electron chi connectivity index (χ4n) is 2.56. The van der Waals surface area contributed by atoms with Crippen LogP contribution in [0.25, 0.3) is 0 Å². The van der Waals surface area contributed by atoms with Gasteiger partial charge in [-0.05, 0) is 49.9 Å². The van der Waals surface area contributed by atoms with Crippen molar-refractivity contribution in [1.29, 1.82) is 0 Å². The number of hydrogen-bond donors (Lipinski definition) is 2. The Labute approximate surface area is 129 Å². The lowest BCUT2D eigenvalue weighted by molar-refractivity contribution is -0.147. The van der Waals surface area contributed by atoms with Crippen molar-refractivity contribution in [2.75, 3.05) is 13.1 Å². The molecule has 2 amide bonds. The average molecular weight is 304 g/mol. The van der Waals surface area contributed by atoms with Crippen LogP contribution in [0.3, 0.4) is 0 Å². The van der Waals surface area contributed by atoms with E-state index in [1.807, 2.05) is 19.9 Å². The highest BCUT2D eigenvalue weighted by atomic mass is 16.4. The van der Waals surface area contributed by atoms with E-state index in [2.05, 4.69) is 5.32 Å². The number of hydrogen-bond acceptors (Lipinski definition) is 3. The van der Waals surface area contributed by atoms with E-state index in [-0.39, 0.29) is 18.4 Å². The van der Waals surface area contributed by atoms with Gasteiger partial charge in [0, 0.05) is 12.1 Å². The van der Waals surface area contributed by atoms with E-state index in [0.29, 0.717) is 24.9 Å². The number of nitrogens with zero attached hydrogens (tertiary/aromatic N) is 1. The summed E-state index contributed by atoms with van der Waals surface area (Å²) in [6.45, 7) is 4.11. The smallest absolute Gasteiger partial charge is 0.326 e. The van der Waals surface area contributed by atoms with E-state index >= 15 is 0 Å². The molecule has 1 aromatic rings. The van der Waals surface area contributed by atoms with Crippen LogP contribution in [0.5, 0.6) is 0 Å². The molecule has 2 rings (SSSR count). The van der Waals surface area contributed by atoms with Crippen molar-refractivity contribution in [3.05, 3.63) is 34.9 Å². The summed E-state index contributed by atoms with van der Waals surface area (Å²) in [5.74, 6) is -1.68. The summed E-state index contributed by atoms with van der Waals surface area (Å²) < 4.78 is 0. The van der Waals surface area contributed by atoms with Crippen LogP contribution in [0.4, 0.5) is 0 Å². The summed E-state index contributed by atoms with van der Waals surface area (Å²) in [7, 11) is 0. The van der Waals surface area contributed by atoms with Crippen LogP contribution in [0.15, 0.2) is 18.2 Å². The molecule has 0 aliphatic carbocycles. The van der Waals surface area contributed by atoms with Gasteiger partial charge in [-0.2, -0.15) is 0 Å². The Bertz CT molecular complexity index is 612. The molecule has 0 radical (unpaired) electrons. The van der Waals surface area contributed by atoms with Gasteiger partial charge in [0.25, 0.3) is 5.91 Å². The number of nitrogens with one attached hydrogen (secondary N) is 1. The molecule has 6 heteroatoms. The highest BCUT2D eigenvalue weighted by Gasteiger charge is 2.33. The first kappa shape index (κ1) is 16.0. The summed E-state index contributed by atoms with van der Waals surface area (Å²) in [5, 5.41) is 11.6. The Morgan fingerprint density at radius 3 is 2.64 bits per heavy atom. The molecule has 1 aliphatic rings. The van der Waals surface area contributed by atoms with Gasteiger partial charge >= 0.3 is 5.97 Å². The van der Waals surface area contributed by atoms with Gasteiger partial charge in [-0.1, -0.05) is 6.07 Å². The van der Waals surface area contributed by atoms with Crippen molar-refractivity contribution in [1.82, 2.24) is 10.2 Å². The zero-order chi connectivity index (χ0) is 16.3. The summed E-state index contributed by atoms with van der Waals surface area (Å²) in [6.07, 6.45) is 1.14. The van der Waals surface area contributed by atoms with Crippen LogP contribution in [0, 0.1) is 13.8 Å². The van der Waals surface area contributed by atoms with Gasteiger partial charge in [-0.15, -0.1) is 0 Å². The van der Waals surface area contributed by atoms with Crippen LogP contribution in [0.1, 0.15) is 34.3 Å². The third-order valence-electron chi connectivity index (χ3n) is 4.03. The van der Waals surface area contributed by atoms with E-state index in [1.165, 1.54) is 4.90 Å². The number of carbonyl (C=O) groups excluding carboxylic acids is 2. The van der Waals surface area contributed by atoms with Crippen molar-refractivity contribution in [2.45, 2.75) is 32.7 Å². The van der Waals surface area contributed by atoms with Gasteiger partial charge in [0.2, 0.25) is 5.91 Å². The van der Waals surface area contributed by atoms with Crippen LogP contribution in [0.2, 0.25) is 0 Å². The van der Waals surface area contributed by atoms with Crippen molar-refractivity contribution in [3.63, 3.8) is 0 Å². The normalized spacial score (nSPS) is 17.4. The van der Waals surface area contributed by atoms with E-state index in [9.17, 15) is 14.4 Å². The van der Waals surface area contributed by atoms with Gasteiger partial charge in [-0.25, -0.2) is 4.79 Å². The Morgan fingerprint density at radius 2 is 2.00 bits per heavy atom. The second-order valence-corrected chi connectivity index (χ2v) is 5.57. The Kier molecular flexibility index (Phi) is 4.80. The fraction of sp³-hybridized carbons (Fsp3) is 0.438. The Balaban J connectivity index is 1.94.